The van der Waals surface area contributed by atoms with Gasteiger partial charge in [-0.05, 0) is 19.4 Å². The lowest BCUT2D eigenvalue weighted by molar-refractivity contribution is 0.188. The van der Waals surface area contributed by atoms with Crippen LogP contribution in [-0.2, 0) is 0 Å². The summed E-state index contributed by atoms with van der Waals surface area (Å²) < 4.78 is 0. The fraction of sp³-hybridized carbons (Fsp3) is 0.875. The van der Waals surface area contributed by atoms with E-state index in [4.69, 9.17) is 5.26 Å². The lowest BCUT2D eigenvalue weighted by Crippen LogP contribution is -2.36. The minimum atomic E-state index is 0.272. The topological polar surface area (TPSA) is 27.0 Å². The Bertz CT molecular complexity index is 138. The summed E-state index contributed by atoms with van der Waals surface area (Å²) in [5.74, 6) is 0.970. The highest BCUT2D eigenvalue weighted by atomic mass is 15.1. The predicted octanol–water partition coefficient (Wildman–Crippen LogP) is 1.10. The number of hydrogen-bond donors (Lipinski definition) is 0. The number of piperidine rings is 1. The third-order valence-electron chi connectivity index (χ3n) is 2.02. The average Bonchev–Trinajstić information content (AvgIpc) is 1.85. The third kappa shape index (κ3) is 1.71. The zero-order valence-corrected chi connectivity index (χ0v) is 6.67. The Morgan fingerprint density at radius 2 is 2.20 bits per heavy atom. The lowest BCUT2D eigenvalue weighted by atomic mass is 9.92. The summed E-state index contributed by atoms with van der Waals surface area (Å²) in [6, 6.07) is 2.32. The normalized spacial score (nSPS) is 35.3. The number of nitriles is 1. The molecule has 1 aliphatic heterocycles. The first-order valence-electron chi connectivity index (χ1n) is 3.80. The van der Waals surface area contributed by atoms with Crippen molar-refractivity contribution in [3.8, 4) is 6.07 Å². The minimum absolute atomic E-state index is 0.272. The van der Waals surface area contributed by atoms with Crippen molar-refractivity contribution in [1.29, 1.82) is 5.26 Å². The molecule has 0 aromatic rings. The highest BCUT2D eigenvalue weighted by molar-refractivity contribution is 4.89. The smallest absolute Gasteiger partial charge is 0.0669 e. The standard InChI is InChI=1S/C8H14N2/c1-7-3-8(4-9)6-10(2)5-7/h7-8H,3,5-6H2,1-2H3. The van der Waals surface area contributed by atoms with Crippen LogP contribution in [0, 0.1) is 23.2 Å². The van der Waals surface area contributed by atoms with Gasteiger partial charge in [0, 0.05) is 13.1 Å². The van der Waals surface area contributed by atoms with Gasteiger partial charge >= 0.3 is 0 Å². The molecule has 2 nitrogen and oxygen atoms in total. The van der Waals surface area contributed by atoms with Gasteiger partial charge in [-0.25, -0.2) is 0 Å². The second-order valence-electron chi connectivity index (χ2n) is 3.39. The van der Waals surface area contributed by atoms with E-state index in [1.54, 1.807) is 0 Å². The second-order valence-corrected chi connectivity index (χ2v) is 3.39. The largest absolute Gasteiger partial charge is 0.305 e. The molecule has 1 aliphatic rings. The van der Waals surface area contributed by atoms with E-state index in [-0.39, 0.29) is 5.92 Å². The first-order valence-corrected chi connectivity index (χ1v) is 3.80. The van der Waals surface area contributed by atoms with Gasteiger partial charge in [0.2, 0.25) is 0 Å². The van der Waals surface area contributed by atoms with Gasteiger partial charge in [-0.2, -0.15) is 5.26 Å². The van der Waals surface area contributed by atoms with Crippen molar-refractivity contribution in [3.63, 3.8) is 0 Å². The van der Waals surface area contributed by atoms with Crippen molar-refractivity contribution in [1.82, 2.24) is 4.90 Å². The van der Waals surface area contributed by atoms with Gasteiger partial charge < -0.3 is 4.90 Å². The fourth-order valence-electron chi connectivity index (χ4n) is 1.71. The molecule has 0 aromatic carbocycles. The molecule has 0 N–H and O–H groups in total. The Hall–Kier alpha value is -0.550. The van der Waals surface area contributed by atoms with Crippen LogP contribution in [0.1, 0.15) is 13.3 Å². The van der Waals surface area contributed by atoms with E-state index >= 15 is 0 Å². The number of likely N-dealkylation sites (tertiary alicyclic amines) is 1. The molecule has 0 aliphatic carbocycles. The van der Waals surface area contributed by atoms with Crippen LogP contribution < -0.4 is 0 Å². The van der Waals surface area contributed by atoms with E-state index < -0.39 is 0 Å². The molecule has 1 heterocycles. The maximum absolute atomic E-state index is 8.65. The first-order chi connectivity index (χ1) is 4.72. The highest BCUT2D eigenvalue weighted by Gasteiger charge is 2.21. The molecule has 0 aromatic heterocycles. The van der Waals surface area contributed by atoms with Gasteiger partial charge in [-0.15, -0.1) is 0 Å². The zero-order chi connectivity index (χ0) is 7.56. The van der Waals surface area contributed by atoms with E-state index in [1.807, 2.05) is 0 Å². The second kappa shape index (κ2) is 3.03. The summed E-state index contributed by atoms with van der Waals surface area (Å²) in [5.41, 5.74) is 0. The zero-order valence-electron chi connectivity index (χ0n) is 6.67. The van der Waals surface area contributed by atoms with Crippen LogP contribution in [0.4, 0.5) is 0 Å². The molecule has 0 radical (unpaired) electrons. The van der Waals surface area contributed by atoms with Gasteiger partial charge in [0.25, 0.3) is 0 Å². The molecule has 1 rings (SSSR count). The molecular formula is C8H14N2. The molecule has 1 saturated heterocycles. The monoisotopic (exact) mass is 138 g/mol. The Morgan fingerprint density at radius 1 is 1.50 bits per heavy atom. The number of hydrogen-bond acceptors (Lipinski definition) is 2. The van der Waals surface area contributed by atoms with Crippen LogP contribution in [0.15, 0.2) is 0 Å². The molecule has 0 bridgehead atoms. The summed E-state index contributed by atoms with van der Waals surface area (Å²) in [4.78, 5) is 2.24. The van der Waals surface area contributed by atoms with Crippen LogP contribution in [0.2, 0.25) is 0 Å². The van der Waals surface area contributed by atoms with Crippen LogP contribution in [0.5, 0.6) is 0 Å². The summed E-state index contributed by atoms with van der Waals surface area (Å²) in [5, 5.41) is 8.65. The molecule has 0 amide bonds. The van der Waals surface area contributed by atoms with Crippen molar-refractivity contribution >= 4 is 0 Å². The fourth-order valence-corrected chi connectivity index (χ4v) is 1.71. The van der Waals surface area contributed by atoms with Crippen molar-refractivity contribution in [3.05, 3.63) is 0 Å². The van der Waals surface area contributed by atoms with Crippen molar-refractivity contribution < 1.29 is 0 Å². The highest BCUT2D eigenvalue weighted by Crippen LogP contribution is 2.18. The SMILES string of the molecule is CC1CC(C#N)CN(C)C1. The van der Waals surface area contributed by atoms with E-state index in [0.29, 0.717) is 5.92 Å². The average molecular weight is 138 g/mol. The molecule has 0 spiro atoms. The van der Waals surface area contributed by atoms with Crippen LogP contribution >= 0.6 is 0 Å². The van der Waals surface area contributed by atoms with Crippen LogP contribution in [0.3, 0.4) is 0 Å². The molecule has 2 atom stereocenters. The Kier molecular flexibility index (Phi) is 2.29. The summed E-state index contributed by atoms with van der Waals surface area (Å²) in [6.07, 6.45) is 1.08. The van der Waals surface area contributed by atoms with Crippen molar-refractivity contribution in [2.75, 3.05) is 20.1 Å². The van der Waals surface area contributed by atoms with E-state index in [9.17, 15) is 0 Å². The molecule has 10 heavy (non-hydrogen) atoms. The predicted molar refractivity (Wildman–Crippen MR) is 40.4 cm³/mol. The van der Waals surface area contributed by atoms with E-state index in [2.05, 4.69) is 24.9 Å². The van der Waals surface area contributed by atoms with E-state index in [0.717, 1.165) is 19.5 Å². The Balaban J connectivity index is 2.44. The molecule has 2 unspecified atom stereocenters. The van der Waals surface area contributed by atoms with Gasteiger partial charge in [0.15, 0.2) is 0 Å². The van der Waals surface area contributed by atoms with Gasteiger partial charge in [-0.1, -0.05) is 6.92 Å². The minimum Gasteiger partial charge on any atom is -0.305 e. The third-order valence-corrected chi connectivity index (χ3v) is 2.02. The van der Waals surface area contributed by atoms with Gasteiger partial charge in [0.05, 0.1) is 12.0 Å². The van der Waals surface area contributed by atoms with Crippen molar-refractivity contribution in [2.45, 2.75) is 13.3 Å². The molecule has 56 valence electrons. The summed E-state index contributed by atoms with van der Waals surface area (Å²) in [6.45, 7) is 4.32. The molecule has 2 heteroatoms. The Labute approximate surface area is 62.4 Å². The summed E-state index contributed by atoms with van der Waals surface area (Å²) in [7, 11) is 2.08. The maximum Gasteiger partial charge on any atom is 0.0669 e. The lowest BCUT2D eigenvalue weighted by Gasteiger charge is -2.30. The number of nitrogens with zero attached hydrogens (tertiary/aromatic N) is 2. The first kappa shape index (κ1) is 7.56. The molecule has 0 saturated carbocycles. The van der Waals surface area contributed by atoms with Crippen molar-refractivity contribution in [2.24, 2.45) is 11.8 Å². The summed E-state index contributed by atoms with van der Waals surface area (Å²) >= 11 is 0. The molecule has 1 fully saturated rings. The maximum atomic E-state index is 8.65. The number of rotatable bonds is 0. The quantitative estimate of drug-likeness (QED) is 0.501. The van der Waals surface area contributed by atoms with Crippen LogP contribution in [0.25, 0.3) is 0 Å². The van der Waals surface area contributed by atoms with Gasteiger partial charge in [0.1, 0.15) is 0 Å². The Morgan fingerprint density at radius 3 is 2.70 bits per heavy atom. The molecular weight excluding hydrogens is 124 g/mol. The van der Waals surface area contributed by atoms with Crippen LogP contribution in [-0.4, -0.2) is 25.0 Å². The van der Waals surface area contributed by atoms with E-state index in [1.165, 1.54) is 0 Å². The van der Waals surface area contributed by atoms with Gasteiger partial charge in [-0.3, -0.25) is 0 Å².